The standard InChI is InChI=1S/C12H14N2O4/c1-3-9(15)5-6-8(7(5)13-11(3)17)14-12(18)4(2)10(6)16/h3-8H,1-2H3,(H,13,17)(H,14,18). The van der Waals surface area contributed by atoms with E-state index in [2.05, 4.69) is 10.6 Å². The smallest absolute Gasteiger partial charge is 0.230 e. The van der Waals surface area contributed by atoms with Crippen LogP contribution in [0.5, 0.6) is 0 Å². The normalized spacial score (nSPS) is 46.6. The third kappa shape index (κ3) is 1.18. The van der Waals surface area contributed by atoms with Crippen molar-refractivity contribution in [1.29, 1.82) is 0 Å². The average molecular weight is 250 g/mol. The van der Waals surface area contributed by atoms with Crippen LogP contribution in [0.4, 0.5) is 0 Å². The third-order valence-electron chi connectivity index (χ3n) is 4.46. The molecular weight excluding hydrogens is 236 g/mol. The zero-order chi connectivity index (χ0) is 13.2. The third-order valence-corrected chi connectivity index (χ3v) is 4.46. The zero-order valence-corrected chi connectivity index (χ0v) is 10.1. The number of hydrogen-bond donors (Lipinski definition) is 2. The quantitative estimate of drug-likeness (QED) is 0.519. The molecule has 18 heavy (non-hydrogen) atoms. The lowest BCUT2D eigenvalue weighted by Crippen LogP contribution is -2.79. The summed E-state index contributed by atoms with van der Waals surface area (Å²) in [5, 5.41) is 5.45. The fourth-order valence-corrected chi connectivity index (χ4v) is 3.23. The molecule has 2 heterocycles. The lowest BCUT2D eigenvalue weighted by atomic mass is 9.55. The SMILES string of the molecule is CC1C(=O)NC2C3NC(=O)C(C)C(=O)C3C2C1=O. The number of piperidine rings is 2. The number of fused-ring (bicyclic) bond motifs is 4. The van der Waals surface area contributed by atoms with Crippen molar-refractivity contribution in [2.24, 2.45) is 23.7 Å². The molecule has 6 unspecified atom stereocenters. The topological polar surface area (TPSA) is 92.3 Å². The lowest BCUT2D eigenvalue weighted by molar-refractivity contribution is -0.164. The van der Waals surface area contributed by atoms with Gasteiger partial charge in [0.1, 0.15) is 0 Å². The number of amides is 2. The number of carbonyl (C=O) groups excluding carboxylic acids is 4. The summed E-state index contributed by atoms with van der Waals surface area (Å²) >= 11 is 0. The van der Waals surface area contributed by atoms with Crippen molar-refractivity contribution in [3.63, 3.8) is 0 Å². The van der Waals surface area contributed by atoms with Crippen molar-refractivity contribution in [2.45, 2.75) is 25.9 Å². The molecule has 0 radical (unpaired) electrons. The summed E-state index contributed by atoms with van der Waals surface area (Å²) in [7, 11) is 0. The van der Waals surface area contributed by atoms with Gasteiger partial charge in [-0.15, -0.1) is 0 Å². The number of rotatable bonds is 0. The fourth-order valence-electron chi connectivity index (χ4n) is 3.23. The van der Waals surface area contributed by atoms with E-state index in [1.54, 1.807) is 13.8 Å². The second-order valence-electron chi connectivity index (χ2n) is 5.37. The summed E-state index contributed by atoms with van der Waals surface area (Å²) in [6.07, 6.45) is 0. The Kier molecular flexibility index (Phi) is 2.15. The molecule has 6 nitrogen and oxygen atoms in total. The predicted octanol–water partition coefficient (Wildman–Crippen LogP) is -1.36. The summed E-state index contributed by atoms with van der Waals surface area (Å²) in [4.78, 5) is 47.3. The van der Waals surface area contributed by atoms with Crippen LogP contribution in [0.2, 0.25) is 0 Å². The lowest BCUT2D eigenvalue weighted by Gasteiger charge is -2.56. The molecule has 3 aliphatic rings. The molecule has 2 amide bonds. The van der Waals surface area contributed by atoms with Crippen LogP contribution in [0, 0.1) is 23.7 Å². The van der Waals surface area contributed by atoms with Crippen molar-refractivity contribution in [1.82, 2.24) is 10.6 Å². The van der Waals surface area contributed by atoms with Gasteiger partial charge in [0.25, 0.3) is 0 Å². The Bertz CT molecular complexity index is 442. The van der Waals surface area contributed by atoms with E-state index >= 15 is 0 Å². The van der Waals surface area contributed by atoms with Gasteiger partial charge in [0, 0.05) is 0 Å². The molecule has 0 aromatic carbocycles. The van der Waals surface area contributed by atoms with Gasteiger partial charge < -0.3 is 10.6 Å². The van der Waals surface area contributed by atoms with E-state index in [0.29, 0.717) is 0 Å². The van der Waals surface area contributed by atoms with Crippen LogP contribution in [-0.4, -0.2) is 35.5 Å². The largest absolute Gasteiger partial charge is 0.350 e. The van der Waals surface area contributed by atoms with Crippen molar-refractivity contribution in [3.8, 4) is 0 Å². The fraction of sp³-hybridized carbons (Fsp3) is 0.667. The molecule has 1 aliphatic carbocycles. The van der Waals surface area contributed by atoms with E-state index in [0.717, 1.165) is 0 Å². The minimum absolute atomic E-state index is 0.179. The summed E-state index contributed by atoms with van der Waals surface area (Å²) in [6.45, 7) is 3.10. The first-order valence-electron chi connectivity index (χ1n) is 6.11. The van der Waals surface area contributed by atoms with Gasteiger partial charge in [-0.05, 0) is 13.8 Å². The van der Waals surface area contributed by atoms with Crippen molar-refractivity contribution in [3.05, 3.63) is 0 Å². The Labute approximate surface area is 103 Å². The Morgan fingerprint density at radius 3 is 1.39 bits per heavy atom. The molecule has 0 bridgehead atoms. The Morgan fingerprint density at radius 2 is 1.06 bits per heavy atom. The maximum Gasteiger partial charge on any atom is 0.230 e. The molecular formula is C12H14N2O4. The summed E-state index contributed by atoms with van der Waals surface area (Å²) in [6, 6.07) is -0.821. The molecule has 3 fully saturated rings. The highest BCUT2D eigenvalue weighted by molar-refractivity contribution is 6.12. The number of hydrogen-bond acceptors (Lipinski definition) is 4. The van der Waals surface area contributed by atoms with E-state index in [1.807, 2.05) is 0 Å². The van der Waals surface area contributed by atoms with Crippen molar-refractivity contribution in [2.75, 3.05) is 0 Å². The molecule has 6 atom stereocenters. The maximum atomic E-state index is 12.1. The highest BCUT2D eigenvalue weighted by Gasteiger charge is 2.64. The van der Waals surface area contributed by atoms with E-state index in [4.69, 9.17) is 0 Å². The zero-order valence-electron chi connectivity index (χ0n) is 10.1. The van der Waals surface area contributed by atoms with Gasteiger partial charge in [0.05, 0.1) is 35.8 Å². The molecule has 0 aromatic heterocycles. The molecule has 2 saturated heterocycles. The maximum absolute atomic E-state index is 12.1. The molecule has 0 spiro atoms. The van der Waals surface area contributed by atoms with Crippen LogP contribution in [0.15, 0.2) is 0 Å². The molecule has 2 N–H and O–H groups in total. The second-order valence-corrected chi connectivity index (χ2v) is 5.37. The number of Topliss-reactive ketones (excluding diaryl/α,β-unsaturated/α-hetero) is 2. The van der Waals surface area contributed by atoms with Gasteiger partial charge in [-0.25, -0.2) is 0 Å². The van der Waals surface area contributed by atoms with Crippen LogP contribution in [0.25, 0.3) is 0 Å². The Hall–Kier alpha value is -1.72. The average Bonchev–Trinajstić information content (AvgIpc) is 2.33. The summed E-state index contributed by atoms with van der Waals surface area (Å²) in [5.41, 5.74) is 0. The van der Waals surface area contributed by atoms with Gasteiger partial charge in [-0.1, -0.05) is 0 Å². The molecule has 2 aliphatic heterocycles. The van der Waals surface area contributed by atoms with Crippen molar-refractivity contribution < 1.29 is 19.2 Å². The number of carbonyl (C=O) groups is 4. The van der Waals surface area contributed by atoms with E-state index in [9.17, 15) is 19.2 Å². The van der Waals surface area contributed by atoms with Crippen LogP contribution >= 0.6 is 0 Å². The highest BCUT2D eigenvalue weighted by atomic mass is 16.2. The minimum Gasteiger partial charge on any atom is -0.350 e. The van der Waals surface area contributed by atoms with Crippen LogP contribution in [0.3, 0.4) is 0 Å². The molecule has 3 rings (SSSR count). The monoisotopic (exact) mass is 250 g/mol. The van der Waals surface area contributed by atoms with E-state index < -0.39 is 35.8 Å². The predicted molar refractivity (Wildman–Crippen MR) is 59.2 cm³/mol. The summed E-state index contributed by atoms with van der Waals surface area (Å²) in [5.74, 6) is -3.32. The molecule has 6 heteroatoms. The first kappa shape index (κ1) is 11.4. The number of ketones is 2. The van der Waals surface area contributed by atoms with Gasteiger partial charge >= 0.3 is 0 Å². The van der Waals surface area contributed by atoms with E-state index in [1.165, 1.54) is 0 Å². The number of nitrogens with one attached hydrogen (secondary N) is 2. The van der Waals surface area contributed by atoms with Gasteiger partial charge in [0.2, 0.25) is 11.8 Å². The summed E-state index contributed by atoms with van der Waals surface area (Å²) < 4.78 is 0. The second kappa shape index (κ2) is 3.40. The molecule has 0 aromatic rings. The van der Waals surface area contributed by atoms with Gasteiger partial charge in [0.15, 0.2) is 11.6 Å². The highest BCUT2D eigenvalue weighted by Crippen LogP contribution is 2.43. The van der Waals surface area contributed by atoms with Crippen molar-refractivity contribution >= 4 is 23.4 Å². The molecule has 1 saturated carbocycles. The van der Waals surface area contributed by atoms with Crippen LogP contribution in [0.1, 0.15) is 13.8 Å². The van der Waals surface area contributed by atoms with Crippen LogP contribution < -0.4 is 10.6 Å². The Morgan fingerprint density at radius 1 is 0.722 bits per heavy atom. The van der Waals surface area contributed by atoms with Gasteiger partial charge in [-0.3, -0.25) is 19.2 Å². The Balaban J connectivity index is 1.92. The van der Waals surface area contributed by atoms with Crippen LogP contribution in [-0.2, 0) is 19.2 Å². The first-order chi connectivity index (χ1) is 8.43. The molecule has 96 valence electrons. The first-order valence-corrected chi connectivity index (χ1v) is 6.11. The minimum atomic E-state index is -0.701. The van der Waals surface area contributed by atoms with E-state index in [-0.39, 0.29) is 23.4 Å². The van der Waals surface area contributed by atoms with Gasteiger partial charge in [-0.2, -0.15) is 0 Å².